The molecule has 2 aromatic rings. The van der Waals surface area contributed by atoms with Crippen molar-refractivity contribution in [2.24, 2.45) is 0 Å². The number of hydrogen-bond acceptors (Lipinski definition) is 4. The highest BCUT2D eigenvalue weighted by atomic mass is 32.1. The summed E-state index contributed by atoms with van der Waals surface area (Å²) in [6, 6.07) is 6.70. The molecule has 0 spiro atoms. The molecular weight excluding hydrogens is 230 g/mol. The maximum Gasteiger partial charge on any atom is 0.183 e. The maximum atomic E-state index is 4.39. The predicted molar refractivity (Wildman–Crippen MR) is 71.2 cm³/mol. The predicted octanol–water partition coefficient (Wildman–Crippen LogP) is 2.67. The SMILES string of the molecule is Cc1csc(NCc2ccc3c(c2)CNC3)n1. The van der Waals surface area contributed by atoms with Crippen LogP contribution in [0.1, 0.15) is 22.4 Å². The second-order valence-electron chi connectivity index (χ2n) is 4.35. The third-order valence-corrected chi connectivity index (χ3v) is 3.88. The van der Waals surface area contributed by atoms with Gasteiger partial charge in [0.15, 0.2) is 5.13 Å². The quantitative estimate of drug-likeness (QED) is 0.873. The molecule has 0 radical (unpaired) electrons. The molecular formula is C13H15N3S. The van der Waals surface area contributed by atoms with E-state index < -0.39 is 0 Å². The molecule has 3 rings (SSSR count). The van der Waals surface area contributed by atoms with Crippen molar-refractivity contribution >= 4 is 16.5 Å². The van der Waals surface area contributed by atoms with Crippen molar-refractivity contribution in [1.29, 1.82) is 0 Å². The van der Waals surface area contributed by atoms with E-state index in [9.17, 15) is 0 Å². The van der Waals surface area contributed by atoms with Crippen molar-refractivity contribution in [2.45, 2.75) is 26.6 Å². The standard InChI is InChI=1S/C13H15N3S/c1-9-8-17-13(16-9)15-5-10-2-3-11-6-14-7-12(11)4-10/h2-4,8,14H,5-7H2,1H3,(H,15,16). The number of hydrogen-bond donors (Lipinski definition) is 2. The molecule has 0 atom stereocenters. The van der Waals surface area contributed by atoms with E-state index >= 15 is 0 Å². The lowest BCUT2D eigenvalue weighted by atomic mass is 10.1. The number of benzene rings is 1. The van der Waals surface area contributed by atoms with Crippen molar-refractivity contribution in [3.8, 4) is 0 Å². The van der Waals surface area contributed by atoms with Gasteiger partial charge in [0.05, 0.1) is 5.69 Å². The first-order chi connectivity index (χ1) is 8.31. The zero-order valence-electron chi connectivity index (χ0n) is 9.79. The molecule has 17 heavy (non-hydrogen) atoms. The van der Waals surface area contributed by atoms with E-state index in [2.05, 4.69) is 39.2 Å². The van der Waals surface area contributed by atoms with Gasteiger partial charge in [-0.2, -0.15) is 0 Å². The first-order valence-corrected chi connectivity index (χ1v) is 6.66. The third kappa shape index (κ3) is 2.33. The van der Waals surface area contributed by atoms with Gasteiger partial charge < -0.3 is 10.6 Å². The van der Waals surface area contributed by atoms with Gasteiger partial charge in [0.25, 0.3) is 0 Å². The van der Waals surface area contributed by atoms with E-state index in [0.717, 1.165) is 30.5 Å². The van der Waals surface area contributed by atoms with Crippen LogP contribution < -0.4 is 10.6 Å². The lowest BCUT2D eigenvalue weighted by molar-refractivity contribution is 0.764. The van der Waals surface area contributed by atoms with E-state index in [-0.39, 0.29) is 0 Å². The maximum absolute atomic E-state index is 4.39. The molecule has 0 amide bonds. The van der Waals surface area contributed by atoms with Crippen LogP contribution in [-0.2, 0) is 19.6 Å². The highest BCUT2D eigenvalue weighted by Crippen LogP contribution is 2.19. The highest BCUT2D eigenvalue weighted by Gasteiger charge is 2.09. The van der Waals surface area contributed by atoms with Gasteiger partial charge in [-0.15, -0.1) is 11.3 Å². The van der Waals surface area contributed by atoms with Crippen LogP contribution in [0.4, 0.5) is 5.13 Å². The molecule has 0 aliphatic carbocycles. The average Bonchev–Trinajstić information content (AvgIpc) is 2.94. The van der Waals surface area contributed by atoms with Crippen molar-refractivity contribution in [3.05, 3.63) is 46.0 Å². The molecule has 1 aliphatic heterocycles. The number of nitrogens with one attached hydrogen (secondary N) is 2. The van der Waals surface area contributed by atoms with E-state index in [1.54, 1.807) is 11.3 Å². The summed E-state index contributed by atoms with van der Waals surface area (Å²) in [5.41, 5.74) is 5.26. The molecule has 0 bridgehead atoms. The van der Waals surface area contributed by atoms with E-state index in [1.807, 2.05) is 6.92 Å². The van der Waals surface area contributed by atoms with Crippen LogP contribution in [0, 0.1) is 6.92 Å². The molecule has 1 aromatic heterocycles. The van der Waals surface area contributed by atoms with Gasteiger partial charge in [-0.25, -0.2) is 4.98 Å². The normalized spacial score (nSPS) is 13.7. The minimum absolute atomic E-state index is 0.847. The van der Waals surface area contributed by atoms with Crippen LogP contribution >= 0.6 is 11.3 Å². The molecule has 2 heterocycles. The van der Waals surface area contributed by atoms with Gasteiger partial charge in [-0.3, -0.25) is 0 Å². The third-order valence-electron chi connectivity index (χ3n) is 2.96. The lowest BCUT2D eigenvalue weighted by Crippen LogP contribution is -2.00. The summed E-state index contributed by atoms with van der Waals surface area (Å²) in [6.45, 7) is 4.87. The Balaban J connectivity index is 1.69. The molecule has 1 aliphatic rings. The number of rotatable bonds is 3. The largest absolute Gasteiger partial charge is 0.357 e. The Kier molecular flexibility index (Phi) is 2.82. The van der Waals surface area contributed by atoms with Crippen LogP contribution in [-0.4, -0.2) is 4.98 Å². The summed E-state index contributed by atoms with van der Waals surface area (Å²) < 4.78 is 0. The molecule has 0 fully saturated rings. The Labute approximate surface area is 105 Å². The van der Waals surface area contributed by atoms with Gasteiger partial charge in [0.1, 0.15) is 0 Å². The fourth-order valence-corrected chi connectivity index (χ4v) is 2.76. The minimum atomic E-state index is 0.847. The molecule has 3 nitrogen and oxygen atoms in total. The summed E-state index contributed by atoms with van der Waals surface area (Å²) in [6.07, 6.45) is 0. The smallest absolute Gasteiger partial charge is 0.183 e. The van der Waals surface area contributed by atoms with Crippen molar-refractivity contribution in [1.82, 2.24) is 10.3 Å². The first kappa shape index (κ1) is 10.7. The van der Waals surface area contributed by atoms with E-state index in [4.69, 9.17) is 0 Å². The van der Waals surface area contributed by atoms with Crippen LogP contribution in [0.5, 0.6) is 0 Å². The summed E-state index contributed by atoms with van der Waals surface area (Å²) in [5, 5.41) is 9.79. The van der Waals surface area contributed by atoms with Crippen LogP contribution in [0.2, 0.25) is 0 Å². The number of aromatic nitrogens is 1. The molecule has 1 aromatic carbocycles. The molecule has 0 saturated carbocycles. The fourth-order valence-electron chi connectivity index (χ4n) is 2.07. The first-order valence-electron chi connectivity index (χ1n) is 5.79. The van der Waals surface area contributed by atoms with Gasteiger partial charge in [0.2, 0.25) is 0 Å². The van der Waals surface area contributed by atoms with Gasteiger partial charge in [-0.05, 0) is 23.6 Å². The van der Waals surface area contributed by atoms with Crippen molar-refractivity contribution in [3.63, 3.8) is 0 Å². The van der Waals surface area contributed by atoms with Crippen LogP contribution in [0.3, 0.4) is 0 Å². The second-order valence-corrected chi connectivity index (χ2v) is 5.21. The number of anilines is 1. The number of thiazole rings is 1. The van der Waals surface area contributed by atoms with Crippen LogP contribution in [0.15, 0.2) is 23.6 Å². The molecule has 0 unspecified atom stereocenters. The highest BCUT2D eigenvalue weighted by molar-refractivity contribution is 7.13. The molecule has 88 valence electrons. The van der Waals surface area contributed by atoms with E-state index in [0.29, 0.717) is 0 Å². The topological polar surface area (TPSA) is 37.0 Å². The fraction of sp³-hybridized carbons (Fsp3) is 0.308. The molecule has 0 saturated heterocycles. The minimum Gasteiger partial charge on any atom is -0.357 e. The Morgan fingerprint density at radius 1 is 1.35 bits per heavy atom. The number of nitrogens with zero attached hydrogens (tertiary/aromatic N) is 1. The lowest BCUT2D eigenvalue weighted by Gasteiger charge is -2.05. The zero-order valence-corrected chi connectivity index (χ0v) is 10.6. The summed E-state index contributed by atoms with van der Waals surface area (Å²) in [4.78, 5) is 4.39. The Bertz CT molecular complexity index is 533. The van der Waals surface area contributed by atoms with Crippen molar-refractivity contribution < 1.29 is 0 Å². The Hall–Kier alpha value is -1.39. The van der Waals surface area contributed by atoms with Gasteiger partial charge in [-0.1, -0.05) is 18.2 Å². The Morgan fingerprint density at radius 3 is 3.06 bits per heavy atom. The number of aryl methyl sites for hydroxylation is 1. The molecule has 4 heteroatoms. The summed E-state index contributed by atoms with van der Waals surface area (Å²) in [5.74, 6) is 0. The average molecular weight is 245 g/mol. The second kappa shape index (κ2) is 4.47. The number of fused-ring (bicyclic) bond motifs is 1. The van der Waals surface area contributed by atoms with Crippen LogP contribution in [0.25, 0.3) is 0 Å². The van der Waals surface area contributed by atoms with Crippen molar-refractivity contribution in [2.75, 3.05) is 5.32 Å². The molecule has 2 N–H and O–H groups in total. The van der Waals surface area contributed by atoms with Gasteiger partial charge in [0, 0.05) is 25.0 Å². The summed E-state index contributed by atoms with van der Waals surface area (Å²) >= 11 is 1.66. The monoisotopic (exact) mass is 245 g/mol. The van der Waals surface area contributed by atoms with E-state index in [1.165, 1.54) is 16.7 Å². The zero-order chi connectivity index (χ0) is 11.7. The van der Waals surface area contributed by atoms with Gasteiger partial charge >= 0.3 is 0 Å². The summed E-state index contributed by atoms with van der Waals surface area (Å²) in [7, 11) is 0. The Morgan fingerprint density at radius 2 is 2.24 bits per heavy atom.